The van der Waals surface area contributed by atoms with E-state index in [1.165, 1.54) is 5.57 Å². The molecule has 0 heterocycles. The van der Waals surface area contributed by atoms with Crippen molar-refractivity contribution >= 4 is 12.5 Å². The summed E-state index contributed by atoms with van der Waals surface area (Å²) in [6.07, 6.45) is 3.37. The number of aliphatic imine (C=N–C) groups is 1. The summed E-state index contributed by atoms with van der Waals surface area (Å²) in [4.78, 5) is 15.0. The van der Waals surface area contributed by atoms with E-state index in [0.29, 0.717) is 6.42 Å². The zero-order valence-corrected chi connectivity index (χ0v) is 7.55. The number of Topliss-reactive ketones (excluding diaryl/α,β-unsaturated/α-hetero) is 1. The van der Waals surface area contributed by atoms with Crippen molar-refractivity contribution in [3.63, 3.8) is 0 Å². The lowest BCUT2D eigenvalue weighted by Crippen LogP contribution is -1.93. The van der Waals surface area contributed by atoms with Crippen LogP contribution in [-0.2, 0) is 4.79 Å². The monoisotopic (exact) mass is 163 g/mol. The van der Waals surface area contributed by atoms with Gasteiger partial charge in [0, 0.05) is 17.7 Å². The van der Waals surface area contributed by atoms with Crippen molar-refractivity contribution in [2.75, 3.05) is 0 Å². The number of hydrogen-bond acceptors (Lipinski definition) is 2. The van der Waals surface area contributed by atoms with Gasteiger partial charge in [0.2, 0.25) is 0 Å². The van der Waals surface area contributed by atoms with Crippen LogP contribution in [0, 0.1) is 0 Å². The molecular formula is C10H13NO. The fourth-order valence-corrected chi connectivity index (χ4v) is 1.27. The van der Waals surface area contributed by atoms with Crippen molar-refractivity contribution in [1.29, 1.82) is 0 Å². The highest BCUT2D eigenvalue weighted by atomic mass is 16.1. The van der Waals surface area contributed by atoms with Gasteiger partial charge in [-0.1, -0.05) is 5.57 Å². The minimum atomic E-state index is 0.232. The first-order valence-corrected chi connectivity index (χ1v) is 4.03. The normalized spacial score (nSPS) is 18.8. The molecule has 1 rings (SSSR count). The lowest BCUT2D eigenvalue weighted by molar-refractivity contribution is -0.114. The maximum absolute atomic E-state index is 11.3. The van der Waals surface area contributed by atoms with Crippen molar-refractivity contribution in [3.05, 3.63) is 22.9 Å². The number of carbonyl (C=O) groups is 1. The number of rotatable bonds is 2. The first kappa shape index (κ1) is 8.91. The molecule has 0 radical (unpaired) electrons. The molecule has 0 unspecified atom stereocenters. The average Bonchev–Trinajstić information content (AvgIpc) is 2.35. The van der Waals surface area contributed by atoms with Gasteiger partial charge in [-0.25, -0.2) is 0 Å². The molecule has 0 aliphatic heterocycles. The van der Waals surface area contributed by atoms with Crippen LogP contribution in [0.5, 0.6) is 0 Å². The minimum Gasteiger partial charge on any atom is -0.294 e. The van der Waals surface area contributed by atoms with Gasteiger partial charge < -0.3 is 0 Å². The van der Waals surface area contributed by atoms with Gasteiger partial charge in [-0.2, -0.15) is 0 Å². The fourth-order valence-electron chi connectivity index (χ4n) is 1.27. The first-order valence-electron chi connectivity index (χ1n) is 4.03. The fraction of sp³-hybridized carbons (Fsp3) is 0.400. The largest absolute Gasteiger partial charge is 0.294 e. The zero-order valence-electron chi connectivity index (χ0n) is 7.55. The lowest BCUT2D eigenvalue weighted by atomic mass is 10.1. The van der Waals surface area contributed by atoms with E-state index in [9.17, 15) is 4.79 Å². The Kier molecular flexibility index (Phi) is 2.58. The third-order valence-electron chi connectivity index (χ3n) is 2.09. The Morgan fingerprint density at radius 3 is 2.67 bits per heavy atom. The number of nitrogens with zero attached hydrogens (tertiary/aromatic N) is 1. The highest BCUT2D eigenvalue weighted by Crippen LogP contribution is 2.24. The predicted molar refractivity (Wildman–Crippen MR) is 50.2 cm³/mol. The molecule has 0 aromatic carbocycles. The average molecular weight is 163 g/mol. The highest BCUT2D eigenvalue weighted by Gasteiger charge is 2.17. The second-order valence-corrected chi connectivity index (χ2v) is 3.06. The van der Waals surface area contributed by atoms with Crippen LogP contribution in [0.2, 0.25) is 0 Å². The summed E-state index contributed by atoms with van der Waals surface area (Å²) in [6, 6.07) is 0. The van der Waals surface area contributed by atoms with Gasteiger partial charge in [-0.3, -0.25) is 9.79 Å². The van der Waals surface area contributed by atoms with Gasteiger partial charge >= 0.3 is 0 Å². The van der Waals surface area contributed by atoms with E-state index in [4.69, 9.17) is 0 Å². The molecule has 1 aliphatic carbocycles. The second kappa shape index (κ2) is 3.48. The van der Waals surface area contributed by atoms with Crippen molar-refractivity contribution < 1.29 is 4.79 Å². The summed E-state index contributed by atoms with van der Waals surface area (Å²) in [5, 5.41) is 0. The topological polar surface area (TPSA) is 29.4 Å². The molecule has 0 bridgehead atoms. The highest BCUT2D eigenvalue weighted by molar-refractivity contribution is 6.01. The molecule has 2 nitrogen and oxygen atoms in total. The number of carbonyl (C=O) groups excluding carboxylic acids is 1. The van der Waals surface area contributed by atoms with Crippen LogP contribution >= 0.6 is 0 Å². The molecule has 0 aromatic heterocycles. The van der Waals surface area contributed by atoms with E-state index in [-0.39, 0.29) is 5.78 Å². The molecule has 0 saturated heterocycles. The van der Waals surface area contributed by atoms with Crippen molar-refractivity contribution in [2.24, 2.45) is 4.99 Å². The van der Waals surface area contributed by atoms with E-state index < -0.39 is 0 Å². The molecule has 2 heteroatoms. The third-order valence-corrected chi connectivity index (χ3v) is 2.09. The van der Waals surface area contributed by atoms with E-state index in [0.717, 1.165) is 17.7 Å². The van der Waals surface area contributed by atoms with E-state index >= 15 is 0 Å². The molecule has 12 heavy (non-hydrogen) atoms. The molecular weight excluding hydrogens is 150 g/mol. The van der Waals surface area contributed by atoms with Gasteiger partial charge in [-0.05, 0) is 33.1 Å². The molecule has 1 aliphatic rings. The summed E-state index contributed by atoms with van der Waals surface area (Å²) in [7, 11) is 0. The van der Waals surface area contributed by atoms with Crippen LogP contribution in [0.3, 0.4) is 0 Å². The van der Waals surface area contributed by atoms with Crippen LogP contribution < -0.4 is 0 Å². The van der Waals surface area contributed by atoms with E-state index in [1.807, 2.05) is 19.9 Å². The Hall–Kier alpha value is -1.18. The van der Waals surface area contributed by atoms with Crippen molar-refractivity contribution in [2.45, 2.75) is 26.7 Å². The summed E-state index contributed by atoms with van der Waals surface area (Å²) in [6.45, 7) is 7.24. The summed E-state index contributed by atoms with van der Waals surface area (Å²) >= 11 is 0. The molecule has 0 spiro atoms. The molecule has 64 valence electrons. The predicted octanol–water partition coefficient (Wildman–Crippen LogP) is 2.27. The maximum atomic E-state index is 11.3. The number of hydrogen-bond donors (Lipinski definition) is 0. The molecule has 0 aromatic rings. The Morgan fingerprint density at radius 1 is 1.58 bits per heavy atom. The van der Waals surface area contributed by atoms with Crippen LogP contribution in [0.1, 0.15) is 26.7 Å². The van der Waals surface area contributed by atoms with Gasteiger partial charge in [0.05, 0.1) is 0 Å². The first-order chi connectivity index (χ1) is 5.65. The van der Waals surface area contributed by atoms with Gasteiger partial charge in [0.15, 0.2) is 5.78 Å². The van der Waals surface area contributed by atoms with Gasteiger partial charge in [-0.15, -0.1) is 0 Å². The van der Waals surface area contributed by atoms with Crippen LogP contribution in [0.25, 0.3) is 0 Å². The van der Waals surface area contributed by atoms with Crippen molar-refractivity contribution in [1.82, 2.24) is 0 Å². The molecule has 0 fully saturated rings. The Labute approximate surface area is 72.7 Å². The second-order valence-electron chi connectivity index (χ2n) is 3.06. The summed E-state index contributed by atoms with van der Waals surface area (Å²) in [5.74, 6) is 0.232. The lowest BCUT2D eigenvalue weighted by Gasteiger charge is -1.95. The van der Waals surface area contributed by atoms with Gasteiger partial charge in [0.25, 0.3) is 0 Å². The standard InChI is InChI=1S/C10H13NO/c1-7-4-5-10(12)9(7)6-8(2)11-3/h6H,3-5H2,1-2H3/b8-6-. The summed E-state index contributed by atoms with van der Waals surface area (Å²) in [5.41, 5.74) is 2.81. The van der Waals surface area contributed by atoms with Crippen LogP contribution in [-0.4, -0.2) is 12.5 Å². The van der Waals surface area contributed by atoms with Crippen LogP contribution in [0.15, 0.2) is 27.9 Å². The Morgan fingerprint density at radius 2 is 2.25 bits per heavy atom. The smallest absolute Gasteiger partial charge is 0.163 e. The summed E-state index contributed by atoms with van der Waals surface area (Å²) < 4.78 is 0. The Balaban J connectivity index is 2.94. The number of ketones is 1. The molecule has 0 saturated carbocycles. The SMILES string of the molecule is C=N/C(C)=C\C1=C(C)CCC1=O. The zero-order chi connectivity index (χ0) is 9.14. The maximum Gasteiger partial charge on any atom is 0.163 e. The van der Waals surface area contributed by atoms with Crippen molar-refractivity contribution in [3.8, 4) is 0 Å². The van der Waals surface area contributed by atoms with E-state index in [2.05, 4.69) is 11.7 Å². The van der Waals surface area contributed by atoms with E-state index in [1.54, 1.807) is 0 Å². The third kappa shape index (κ3) is 1.70. The van der Waals surface area contributed by atoms with Crippen LogP contribution in [0.4, 0.5) is 0 Å². The molecule has 0 amide bonds. The van der Waals surface area contributed by atoms with Gasteiger partial charge in [0.1, 0.15) is 0 Å². The molecule has 0 atom stereocenters. The number of allylic oxidation sites excluding steroid dienone is 4. The quantitative estimate of drug-likeness (QED) is 0.574. The Bertz CT molecular complexity index is 284. The minimum absolute atomic E-state index is 0.232. The molecule has 0 N–H and O–H groups in total.